The maximum absolute atomic E-state index is 12.9. The zero-order chi connectivity index (χ0) is 20.3. The standard InChI is InChI=1S/C14H11N3O8S2/c15-26(22,23)9-5-4-8(18)11-12(9)14(27(16,24)25)6-2-1-3-7(17(20)21)10(6)13(11)19/h1-5,10-11H,(H2,15,22,23)(H2,16,24,25). The van der Waals surface area contributed by atoms with Crippen molar-refractivity contribution in [1.29, 1.82) is 0 Å². The number of rotatable bonds is 3. The van der Waals surface area contributed by atoms with Gasteiger partial charge in [-0.15, -0.1) is 0 Å². The van der Waals surface area contributed by atoms with Crippen molar-refractivity contribution in [3.63, 3.8) is 0 Å². The Morgan fingerprint density at radius 2 is 1.59 bits per heavy atom. The number of carbonyl (C=O) groups is 2. The molecule has 142 valence electrons. The summed E-state index contributed by atoms with van der Waals surface area (Å²) in [5.74, 6) is -5.54. The van der Waals surface area contributed by atoms with Gasteiger partial charge in [0.05, 0.1) is 14.7 Å². The molecule has 0 heterocycles. The molecular weight excluding hydrogens is 402 g/mol. The van der Waals surface area contributed by atoms with Gasteiger partial charge in [0.2, 0.25) is 20.0 Å². The highest BCUT2D eigenvalue weighted by molar-refractivity contribution is 7.94. The van der Waals surface area contributed by atoms with Crippen molar-refractivity contribution < 1.29 is 31.3 Å². The first-order chi connectivity index (χ1) is 12.4. The van der Waals surface area contributed by atoms with Gasteiger partial charge in [-0.3, -0.25) is 19.7 Å². The van der Waals surface area contributed by atoms with Crippen molar-refractivity contribution in [1.82, 2.24) is 0 Å². The average Bonchev–Trinajstić information content (AvgIpc) is 2.51. The smallest absolute Gasteiger partial charge is 0.261 e. The molecule has 27 heavy (non-hydrogen) atoms. The lowest BCUT2D eigenvalue weighted by Gasteiger charge is -2.33. The van der Waals surface area contributed by atoms with Crippen LogP contribution in [0.4, 0.5) is 0 Å². The summed E-state index contributed by atoms with van der Waals surface area (Å²) >= 11 is 0. The van der Waals surface area contributed by atoms with Gasteiger partial charge < -0.3 is 0 Å². The van der Waals surface area contributed by atoms with Crippen LogP contribution in [0, 0.1) is 22.0 Å². The predicted molar refractivity (Wildman–Crippen MR) is 90.6 cm³/mol. The number of fused-ring (bicyclic) bond motifs is 2. The first-order valence-electron chi connectivity index (χ1n) is 7.18. The molecule has 13 heteroatoms. The van der Waals surface area contributed by atoms with Gasteiger partial charge >= 0.3 is 0 Å². The molecule has 0 aromatic carbocycles. The maximum atomic E-state index is 12.9. The highest BCUT2D eigenvalue weighted by Gasteiger charge is 2.52. The number of nitro groups is 1. The molecule has 0 fully saturated rings. The number of allylic oxidation sites excluding steroid dienone is 7. The Balaban J connectivity index is 2.53. The summed E-state index contributed by atoms with van der Waals surface area (Å²) in [6.45, 7) is 0. The van der Waals surface area contributed by atoms with Gasteiger partial charge in [0.15, 0.2) is 11.6 Å². The van der Waals surface area contributed by atoms with Crippen LogP contribution in [0.5, 0.6) is 0 Å². The lowest BCUT2D eigenvalue weighted by Crippen LogP contribution is -2.43. The second-order valence-electron chi connectivity index (χ2n) is 5.86. The third kappa shape index (κ3) is 2.90. The molecule has 0 spiro atoms. The van der Waals surface area contributed by atoms with Crippen molar-refractivity contribution in [2.45, 2.75) is 0 Å². The molecule has 0 amide bonds. The van der Waals surface area contributed by atoms with E-state index in [1.807, 2.05) is 0 Å². The fraction of sp³-hybridized carbons (Fsp3) is 0.143. The number of sulfonamides is 2. The third-order valence-electron chi connectivity index (χ3n) is 4.26. The van der Waals surface area contributed by atoms with Crippen molar-refractivity contribution >= 4 is 31.6 Å². The van der Waals surface area contributed by atoms with Gasteiger partial charge in [-0.2, -0.15) is 0 Å². The summed E-state index contributed by atoms with van der Waals surface area (Å²) in [5, 5.41) is 21.6. The van der Waals surface area contributed by atoms with E-state index < -0.39 is 69.5 Å². The number of hydrogen-bond donors (Lipinski definition) is 2. The van der Waals surface area contributed by atoms with Gasteiger partial charge in [0.25, 0.3) is 5.70 Å². The summed E-state index contributed by atoms with van der Waals surface area (Å²) in [6.07, 6.45) is 4.75. The number of nitrogens with two attached hydrogens (primary N) is 2. The molecule has 0 radical (unpaired) electrons. The van der Waals surface area contributed by atoms with Crippen LogP contribution in [0.25, 0.3) is 0 Å². The van der Waals surface area contributed by atoms with Crippen molar-refractivity contribution in [2.24, 2.45) is 22.1 Å². The van der Waals surface area contributed by atoms with E-state index in [0.717, 1.165) is 30.4 Å². The summed E-state index contributed by atoms with van der Waals surface area (Å²) < 4.78 is 48.3. The van der Waals surface area contributed by atoms with Gasteiger partial charge in [0, 0.05) is 11.6 Å². The lowest BCUT2D eigenvalue weighted by molar-refractivity contribution is -0.430. The Morgan fingerprint density at radius 3 is 2.11 bits per heavy atom. The summed E-state index contributed by atoms with van der Waals surface area (Å²) in [7, 11) is -9.24. The SMILES string of the molecule is NS(=O)(=O)C1=C2C(S(N)(=O)=O)=C3C=CC=C([N+](=O)[O-])C3C(=O)C2C(=O)C=C1. The van der Waals surface area contributed by atoms with Crippen molar-refractivity contribution in [3.8, 4) is 0 Å². The number of ketones is 2. The largest absolute Gasteiger partial charge is 0.297 e. The second-order valence-corrected chi connectivity index (χ2v) is 8.89. The van der Waals surface area contributed by atoms with Crippen LogP contribution in [0.1, 0.15) is 0 Å². The van der Waals surface area contributed by atoms with Gasteiger partial charge in [-0.25, -0.2) is 27.1 Å². The van der Waals surface area contributed by atoms with E-state index in [-0.39, 0.29) is 5.57 Å². The van der Waals surface area contributed by atoms with E-state index in [9.17, 15) is 36.5 Å². The average molecular weight is 413 g/mol. The quantitative estimate of drug-likeness (QED) is 0.325. The molecule has 3 rings (SSSR count). The summed E-state index contributed by atoms with van der Waals surface area (Å²) in [4.78, 5) is 34.0. The Kier molecular flexibility index (Phi) is 4.15. The van der Waals surface area contributed by atoms with E-state index in [0.29, 0.717) is 0 Å². The van der Waals surface area contributed by atoms with E-state index in [2.05, 4.69) is 0 Å². The topological polar surface area (TPSA) is 198 Å². The minimum Gasteiger partial charge on any atom is -0.297 e. The number of nitrogens with zero attached hydrogens (tertiary/aromatic N) is 1. The fourth-order valence-corrected chi connectivity index (χ4v) is 5.21. The molecule has 0 saturated heterocycles. The highest BCUT2D eigenvalue weighted by atomic mass is 32.2. The third-order valence-corrected chi connectivity index (χ3v) is 6.26. The molecule has 4 N–H and O–H groups in total. The molecule has 0 aliphatic heterocycles. The minimum atomic E-state index is -4.69. The first kappa shape index (κ1) is 19.0. The van der Waals surface area contributed by atoms with Crippen LogP contribution in [-0.4, -0.2) is 33.3 Å². The maximum Gasteiger partial charge on any atom is 0.261 e. The van der Waals surface area contributed by atoms with Crippen molar-refractivity contribution in [3.05, 3.63) is 67.1 Å². The molecule has 2 unspecified atom stereocenters. The van der Waals surface area contributed by atoms with Gasteiger partial charge in [0.1, 0.15) is 11.8 Å². The van der Waals surface area contributed by atoms with E-state index in [1.54, 1.807) is 0 Å². The molecular formula is C14H11N3O8S2. The van der Waals surface area contributed by atoms with Gasteiger partial charge in [-0.1, -0.05) is 12.2 Å². The summed E-state index contributed by atoms with van der Waals surface area (Å²) in [6, 6.07) is 0. The van der Waals surface area contributed by atoms with Gasteiger partial charge in [-0.05, 0) is 17.7 Å². The Morgan fingerprint density at radius 1 is 0.963 bits per heavy atom. The number of Topliss-reactive ketones (excluding diaryl/α,β-unsaturated/α-hetero) is 1. The van der Waals surface area contributed by atoms with E-state index in [1.165, 1.54) is 0 Å². The van der Waals surface area contributed by atoms with Crippen LogP contribution in [0.2, 0.25) is 0 Å². The molecule has 0 saturated carbocycles. The fourth-order valence-electron chi connectivity index (χ4n) is 3.32. The zero-order valence-corrected chi connectivity index (χ0v) is 14.9. The van der Waals surface area contributed by atoms with Crippen LogP contribution in [-0.2, 0) is 29.6 Å². The lowest BCUT2D eigenvalue weighted by atomic mass is 9.71. The number of primary sulfonamides is 2. The molecule has 11 nitrogen and oxygen atoms in total. The predicted octanol–water partition coefficient (Wildman–Crippen LogP) is -1.24. The Bertz CT molecular complexity index is 1180. The van der Waals surface area contributed by atoms with Crippen LogP contribution >= 0.6 is 0 Å². The number of carbonyl (C=O) groups excluding carboxylic acids is 2. The monoisotopic (exact) mass is 413 g/mol. The number of hydrogen-bond acceptors (Lipinski definition) is 8. The summed E-state index contributed by atoms with van der Waals surface area (Å²) in [5.41, 5.74) is -1.72. The highest BCUT2D eigenvalue weighted by Crippen LogP contribution is 2.46. The first-order valence-corrected chi connectivity index (χ1v) is 10.3. The zero-order valence-electron chi connectivity index (χ0n) is 13.2. The minimum absolute atomic E-state index is 0.382. The molecule has 3 aliphatic carbocycles. The molecule has 0 aromatic heterocycles. The normalized spacial score (nSPS) is 25.3. The molecule has 0 aromatic rings. The van der Waals surface area contributed by atoms with E-state index >= 15 is 0 Å². The Labute approximate surface area is 152 Å². The van der Waals surface area contributed by atoms with E-state index in [4.69, 9.17) is 10.3 Å². The van der Waals surface area contributed by atoms with Crippen LogP contribution in [0.3, 0.4) is 0 Å². The molecule has 2 atom stereocenters. The van der Waals surface area contributed by atoms with Crippen LogP contribution in [0.15, 0.2) is 57.0 Å². The second kappa shape index (κ2) is 5.88. The van der Waals surface area contributed by atoms with Crippen LogP contribution < -0.4 is 10.3 Å². The Hall–Kier alpha value is -2.74. The molecule has 3 aliphatic rings. The van der Waals surface area contributed by atoms with Crippen molar-refractivity contribution in [2.75, 3.05) is 0 Å². The molecule has 0 bridgehead atoms.